The lowest BCUT2D eigenvalue weighted by Crippen LogP contribution is -2.40. The molecule has 0 aliphatic rings. The molecule has 0 saturated carbocycles. The summed E-state index contributed by atoms with van der Waals surface area (Å²) in [5.74, 6) is 6.31. The fourth-order valence-electron chi connectivity index (χ4n) is 0.734. The number of rotatable bonds is 2. The topological polar surface area (TPSA) is 9.23 Å². The Morgan fingerprint density at radius 2 is 1.47 bits per heavy atom. The van der Waals surface area contributed by atoms with Gasteiger partial charge in [-0.1, -0.05) is 32.6 Å². The molecule has 0 bridgehead atoms. The summed E-state index contributed by atoms with van der Waals surface area (Å²) in [6.07, 6.45) is 0. The summed E-state index contributed by atoms with van der Waals surface area (Å²) in [6.45, 7) is 18.2. The molecule has 0 atom stereocenters. The molecule has 2 heteroatoms. The standard InChI is InChI=1S/C13H26OSi/c1-12(2,3)10-9-11-14-15(7,8)13(4,5)6/h11H2,1-8H3. The molecule has 0 aromatic heterocycles. The van der Waals surface area contributed by atoms with E-state index in [1.165, 1.54) is 0 Å². The maximum Gasteiger partial charge on any atom is 0.193 e. The first-order chi connectivity index (χ1) is 6.46. The van der Waals surface area contributed by atoms with Crippen molar-refractivity contribution in [3.8, 4) is 11.8 Å². The zero-order valence-electron chi connectivity index (χ0n) is 11.6. The highest BCUT2D eigenvalue weighted by atomic mass is 28.4. The van der Waals surface area contributed by atoms with Crippen molar-refractivity contribution in [3.63, 3.8) is 0 Å². The predicted octanol–water partition coefficient (Wildman–Crippen LogP) is 4.06. The summed E-state index contributed by atoms with van der Waals surface area (Å²) in [5, 5.41) is 0.274. The quantitative estimate of drug-likeness (QED) is 0.510. The van der Waals surface area contributed by atoms with E-state index in [1.807, 2.05) is 0 Å². The van der Waals surface area contributed by atoms with E-state index < -0.39 is 8.32 Å². The lowest BCUT2D eigenvalue weighted by molar-refractivity contribution is 0.334. The molecule has 0 spiro atoms. The van der Waals surface area contributed by atoms with Gasteiger partial charge in [-0.25, -0.2) is 0 Å². The van der Waals surface area contributed by atoms with Gasteiger partial charge in [0.25, 0.3) is 0 Å². The van der Waals surface area contributed by atoms with Gasteiger partial charge in [0.2, 0.25) is 0 Å². The first-order valence-electron chi connectivity index (χ1n) is 5.60. The minimum Gasteiger partial charge on any atom is -0.406 e. The molecule has 15 heavy (non-hydrogen) atoms. The molecule has 0 saturated heterocycles. The molecule has 0 radical (unpaired) electrons. The monoisotopic (exact) mass is 226 g/mol. The molecule has 1 nitrogen and oxygen atoms in total. The van der Waals surface area contributed by atoms with E-state index in [0.717, 1.165) is 0 Å². The summed E-state index contributed by atoms with van der Waals surface area (Å²) < 4.78 is 5.95. The average Bonchev–Trinajstić information content (AvgIpc) is 1.94. The summed E-state index contributed by atoms with van der Waals surface area (Å²) in [4.78, 5) is 0. The normalized spacial score (nSPS) is 13.3. The Labute approximate surface area is 96.7 Å². The Morgan fingerprint density at radius 1 is 1.00 bits per heavy atom. The van der Waals surface area contributed by atoms with Crippen LogP contribution in [-0.4, -0.2) is 14.9 Å². The Hall–Kier alpha value is -0.263. The molecule has 0 aromatic carbocycles. The van der Waals surface area contributed by atoms with Crippen molar-refractivity contribution in [3.05, 3.63) is 0 Å². The Bertz CT molecular complexity index is 255. The van der Waals surface area contributed by atoms with Crippen LogP contribution in [0.1, 0.15) is 41.5 Å². The second kappa shape index (κ2) is 4.72. The fraction of sp³-hybridized carbons (Fsp3) is 0.846. The van der Waals surface area contributed by atoms with Gasteiger partial charge >= 0.3 is 0 Å². The zero-order valence-corrected chi connectivity index (χ0v) is 12.6. The van der Waals surface area contributed by atoms with E-state index >= 15 is 0 Å². The summed E-state index contributed by atoms with van der Waals surface area (Å²) in [6, 6.07) is 0. The van der Waals surface area contributed by atoms with Gasteiger partial charge in [0.15, 0.2) is 8.32 Å². The highest BCUT2D eigenvalue weighted by molar-refractivity contribution is 6.74. The smallest absolute Gasteiger partial charge is 0.193 e. The van der Waals surface area contributed by atoms with Crippen molar-refractivity contribution < 1.29 is 4.43 Å². The van der Waals surface area contributed by atoms with E-state index in [4.69, 9.17) is 4.43 Å². The molecule has 0 rings (SSSR count). The lowest BCUT2D eigenvalue weighted by atomic mass is 9.98. The van der Waals surface area contributed by atoms with Crippen LogP contribution in [0.5, 0.6) is 0 Å². The molecule has 0 fully saturated rings. The van der Waals surface area contributed by atoms with Gasteiger partial charge in [0.05, 0.1) is 6.61 Å². The van der Waals surface area contributed by atoms with Crippen molar-refractivity contribution >= 4 is 8.32 Å². The fourth-order valence-corrected chi connectivity index (χ4v) is 1.60. The van der Waals surface area contributed by atoms with Crippen molar-refractivity contribution in [2.24, 2.45) is 5.41 Å². The van der Waals surface area contributed by atoms with Crippen LogP contribution in [0.25, 0.3) is 0 Å². The van der Waals surface area contributed by atoms with Crippen LogP contribution in [0.4, 0.5) is 0 Å². The summed E-state index contributed by atoms with van der Waals surface area (Å²) in [7, 11) is -1.60. The molecular weight excluding hydrogens is 200 g/mol. The minimum absolute atomic E-state index is 0.0801. The Morgan fingerprint density at radius 3 is 1.80 bits per heavy atom. The lowest BCUT2D eigenvalue weighted by Gasteiger charge is -2.35. The Kier molecular flexibility index (Phi) is 4.63. The third kappa shape index (κ3) is 6.02. The number of hydrogen-bond acceptors (Lipinski definition) is 1. The first-order valence-corrected chi connectivity index (χ1v) is 8.50. The van der Waals surface area contributed by atoms with Gasteiger partial charge in [-0.3, -0.25) is 0 Å². The largest absolute Gasteiger partial charge is 0.406 e. The van der Waals surface area contributed by atoms with Gasteiger partial charge in [0.1, 0.15) is 0 Å². The second-order valence-corrected chi connectivity index (χ2v) is 11.4. The van der Waals surface area contributed by atoms with E-state index in [-0.39, 0.29) is 10.5 Å². The highest BCUT2D eigenvalue weighted by Gasteiger charge is 2.36. The third-order valence-electron chi connectivity index (χ3n) is 2.77. The Balaban J connectivity index is 4.23. The molecule has 0 N–H and O–H groups in total. The van der Waals surface area contributed by atoms with Crippen molar-refractivity contribution in [2.45, 2.75) is 59.7 Å². The van der Waals surface area contributed by atoms with E-state index in [1.54, 1.807) is 0 Å². The SMILES string of the molecule is CC(C)(C)C#CCO[Si](C)(C)C(C)(C)C. The predicted molar refractivity (Wildman–Crippen MR) is 70.4 cm³/mol. The average molecular weight is 226 g/mol. The van der Waals surface area contributed by atoms with E-state index in [2.05, 4.69) is 66.5 Å². The van der Waals surface area contributed by atoms with Crippen LogP contribution >= 0.6 is 0 Å². The van der Waals surface area contributed by atoms with Crippen molar-refractivity contribution in [2.75, 3.05) is 6.61 Å². The third-order valence-corrected chi connectivity index (χ3v) is 7.25. The molecule has 0 aromatic rings. The maximum atomic E-state index is 5.95. The summed E-state index contributed by atoms with van der Waals surface area (Å²) >= 11 is 0. The molecule has 0 unspecified atom stereocenters. The van der Waals surface area contributed by atoms with Crippen molar-refractivity contribution in [1.82, 2.24) is 0 Å². The van der Waals surface area contributed by atoms with E-state index in [9.17, 15) is 0 Å². The molecule has 0 amide bonds. The molecule has 0 heterocycles. The molecule has 0 aliphatic heterocycles. The highest BCUT2D eigenvalue weighted by Crippen LogP contribution is 2.36. The van der Waals surface area contributed by atoms with Crippen LogP contribution in [0, 0.1) is 17.3 Å². The van der Waals surface area contributed by atoms with Gasteiger partial charge < -0.3 is 4.43 Å². The molecule has 88 valence electrons. The second-order valence-electron chi connectivity index (χ2n) is 6.60. The van der Waals surface area contributed by atoms with Gasteiger partial charge in [-0.15, -0.1) is 0 Å². The van der Waals surface area contributed by atoms with Gasteiger partial charge in [0, 0.05) is 5.41 Å². The maximum absolute atomic E-state index is 5.95. The first kappa shape index (κ1) is 14.7. The van der Waals surface area contributed by atoms with Crippen LogP contribution < -0.4 is 0 Å². The zero-order chi connectivity index (χ0) is 12.3. The van der Waals surface area contributed by atoms with Crippen LogP contribution in [-0.2, 0) is 4.43 Å². The van der Waals surface area contributed by atoms with Crippen LogP contribution in [0.15, 0.2) is 0 Å². The minimum atomic E-state index is -1.60. The molecular formula is C13H26OSi. The van der Waals surface area contributed by atoms with Crippen LogP contribution in [0.3, 0.4) is 0 Å². The van der Waals surface area contributed by atoms with Gasteiger partial charge in [-0.05, 0) is 38.9 Å². The number of hydrogen-bond donors (Lipinski definition) is 0. The van der Waals surface area contributed by atoms with Crippen molar-refractivity contribution in [1.29, 1.82) is 0 Å². The van der Waals surface area contributed by atoms with E-state index in [0.29, 0.717) is 6.61 Å². The van der Waals surface area contributed by atoms with Crippen LogP contribution in [0.2, 0.25) is 18.1 Å². The summed E-state index contributed by atoms with van der Waals surface area (Å²) in [5.41, 5.74) is 0.0801. The molecule has 0 aliphatic carbocycles. The van der Waals surface area contributed by atoms with Gasteiger partial charge in [-0.2, -0.15) is 0 Å².